The molecule has 0 aliphatic carbocycles. The molecule has 0 amide bonds. The minimum Gasteiger partial charge on any atom is -0.378 e. The lowest BCUT2D eigenvalue weighted by Gasteiger charge is -2.13. The maximum Gasteiger partial charge on any atom is 0.262 e. The highest BCUT2D eigenvalue weighted by Crippen LogP contribution is 2.25. The monoisotopic (exact) mass is 341 g/mol. The number of alkyl halides is 2. The van der Waals surface area contributed by atoms with Crippen molar-refractivity contribution < 1.29 is 17.2 Å². The molecule has 0 aliphatic heterocycles. The number of sulfone groups is 1. The van der Waals surface area contributed by atoms with E-state index in [-0.39, 0.29) is 16.3 Å². The molecular formula is C15H17F2N3O2S. The number of nitrogens with zero attached hydrogens (tertiary/aromatic N) is 2. The van der Waals surface area contributed by atoms with Gasteiger partial charge in [0.1, 0.15) is 5.69 Å². The van der Waals surface area contributed by atoms with Crippen molar-refractivity contribution in [3.05, 3.63) is 36.7 Å². The van der Waals surface area contributed by atoms with Crippen LogP contribution in [-0.4, -0.2) is 36.6 Å². The lowest BCUT2D eigenvalue weighted by molar-refractivity contribution is 0.0367. The minimum absolute atomic E-state index is 0.0447. The van der Waals surface area contributed by atoms with E-state index >= 15 is 0 Å². The first-order valence-electron chi connectivity index (χ1n) is 6.99. The second kappa shape index (κ2) is 6.57. The summed E-state index contributed by atoms with van der Waals surface area (Å²) >= 11 is 0. The fourth-order valence-electron chi connectivity index (χ4n) is 1.89. The van der Waals surface area contributed by atoms with Gasteiger partial charge in [0.05, 0.1) is 34.8 Å². The number of aromatic nitrogens is 2. The van der Waals surface area contributed by atoms with Gasteiger partial charge in [-0.15, -0.1) is 0 Å². The molecule has 0 unspecified atom stereocenters. The van der Waals surface area contributed by atoms with Gasteiger partial charge in [-0.3, -0.25) is 9.97 Å². The molecule has 2 aromatic heterocycles. The van der Waals surface area contributed by atoms with Crippen LogP contribution in [0.15, 0.2) is 41.6 Å². The molecular weight excluding hydrogens is 324 g/mol. The number of anilines is 1. The van der Waals surface area contributed by atoms with Gasteiger partial charge in [0.25, 0.3) is 5.92 Å². The first-order valence-corrected chi connectivity index (χ1v) is 8.64. The molecule has 124 valence electrons. The molecule has 0 radical (unpaired) electrons. The Morgan fingerprint density at radius 2 is 1.96 bits per heavy atom. The van der Waals surface area contributed by atoms with Crippen LogP contribution in [0.2, 0.25) is 0 Å². The molecule has 0 fully saturated rings. The summed E-state index contributed by atoms with van der Waals surface area (Å²) in [6.07, 6.45) is 2.85. The van der Waals surface area contributed by atoms with E-state index < -0.39 is 22.3 Å². The molecule has 0 bridgehead atoms. The fraction of sp³-hybridized carbons (Fsp3) is 0.333. The summed E-state index contributed by atoms with van der Waals surface area (Å²) in [4.78, 5) is 8.33. The summed E-state index contributed by atoms with van der Waals surface area (Å²) in [7, 11) is -3.43. The zero-order valence-electron chi connectivity index (χ0n) is 12.8. The van der Waals surface area contributed by atoms with Gasteiger partial charge in [0.2, 0.25) is 0 Å². The topological polar surface area (TPSA) is 72.0 Å². The summed E-state index contributed by atoms with van der Waals surface area (Å²) in [6, 6.07) is 6.14. The lowest BCUT2D eigenvalue weighted by Crippen LogP contribution is -2.22. The van der Waals surface area contributed by atoms with Gasteiger partial charge < -0.3 is 5.32 Å². The van der Waals surface area contributed by atoms with E-state index in [4.69, 9.17) is 0 Å². The van der Waals surface area contributed by atoms with Crippen molar-refractivity contribution in [3.63, 3.8) is 0 Å². The van der Waals surface area contributed by atoms with Crippen molar-refractivity contribution in [2.24, 2.45) is 0 Å². The highest BCUT2D eigenvalue weighted by atomic mass is 32.2. The van der Waals surface area contributed by atoms with Crippen molar-refractivity contribution in [2.45, 2.75) is 24.7 Å². The standard InChI is InChI=1S/C15H17F2N3O2S/c1-3-23(21,22)13-5-4-8-18-14(13)12-7-6-11(9-19-12)20-10-15(2,16)17/h4-9,20H,3,10H2,1-2H3. The van der Waals surface area contributed by atoms with Crippen LogP contribution in [0.4, 0.5) is 14.5 Å². The SMILES string of the molecule is CCS(=O)(=O)c1cccnc1-c1ccc(NCC(C)(F)F)cn1. The van der Waals surface area contributed by atoms with Crippen LogP contribution in [0, 0.1) is 0 Å². The third-order valence-corrected chi connectivity index (χ3v) is 4.85. The molecule has 1 N–H and O–H groups in total. The second-order valence-corrected chi connectivity index (χ2v) is 7.36. The average Bonchev–Trinajstić information content (AvgIpc) is 2.53. The van der Waals surface area contributed by atoms with E-state index in [0.29, 0.717) is 11.4 Å². The maximum atomic E-state index is 12.8. The first kappa shape index (κ1) is 17.3. The third kappa shape index (κ3) is 4.44. The Balaban J connectivity index is 2.31. The fourth-order valence-corrected chi connectivity index (χ4v) is 2.93. The predicted molar refractivity (Wildman–Crippen MR) is 84.3 cm³/mol. The van der Waals surface area contributed by atoms with Crippen LogP contribution in [0.25, 0.3) is 11.4 Å². The molecule has 23 heavy (non-hydrogen) atoms. The van der Waals surface area contributed by atoms with Gasteiger partial charge >= 0.3 is 0 Å². The maximum absolute atomic E-state index is 12.8. The molecule has 0 saturated heterocycles. The van der Waals surface area contributed by atoms with E-state index in [0.717, 1.165) is 6.92 Å². The smallest absolute Gasteiger partial charge is 0.262 e. The summed E-state index contributed by atoms with van der Waals surface area (Å²) in [5.74, 6) is -2.88. The van der Waals surface area contributed by atoms with E-state index in [9.17, 15) is 17.2 Å². The van der Waals surface area contributed by atoms with Crippen molar-refractivity contribution in [1.29, 1.82) is 0 Å². The van der Waals surface area contributed by atoms with Crippen molar-refractivity contribution >= 4 is 15.5 Å². The van der Waals surface area contributed by atoms with Crippen LogP contribution in [0.5, 0.6) is 0 Å². The van der Waals surface area contributed by atoms with Crippen LogP contribution in [0.1, 0.15) is 13.8 Å². The van der Waals surface area contributed by atoms with Crippen LogP contribution in [0.3, 0.4) is 0 Å². The molecule has 0 aliphatic rings. The molecule has 2 heterocycles. The third-order valence-electron chi connectivity index (χ3n) is 3.09. The number of halogens is 2. The predicted octanol–water partition coefficient (Wildman–Crippen LogP) is 3.00. The number of pyridine rings is 2. The highest BCUT2D eigenvalue weighted by molar-refractivity contribution is 7.91. The van der Waals surface area contributed by atoms with Crippen molar-refractivity contribution in [2.75, 3.05) is 17.6 Å². The molecule has 2 rings (SSSR count). The van der Waals surface area contributed by atoms with Crippen LogP contribution >= 0.6 is 0 Å². The van der Waals surface area contributed by atoms with Crippen molar-refractivity contribution in [3.8, 4) is 11.4 Å². The molecule has 0 atom stereocenters. The van der Waals surface area contributed by atoms with Gasteiger partial charge in [0.15, 0.2) is 9.84 Å². The Morgan fingerprint density at radius 1 is 1.22 bits per heavy atom. The zero-order valence-corrected chi connectivity index (χ0v) is 13.6. The van der Waals surface area contributed by atoms with E-state index in [1.807, 2.05) is 0 Å². The summed E-state index contributed by atoms with van der Waals surface area (Å²) in [6.45, 7) is 1.86. The quantitative estimate of drug-likeness (QED) is 0.874. The Morgan fingerprint density at radius 3 is 2.52 bits per heavy atom. The van der Waals surface area contributed by atoms with Gasteiger partial charge in [-0.1, -0.05) is 6.92 Å². The molecule has 0 spiro atoms. The molecule has 0 aromatic carbocycles. The lowest BCUT2D eigenvalue weighted by atomic mass is 10.2. The first-order chi connectivity index (χ1) is 10.7. The Hall–Kier alpha value is -2.09. The molecule has 0 saturated carbocycles. The van der Waals surface area contributed by atoms with Gasteiger partial charge in [0, 0.05) is 13.1 Å². The zero-order chi connectivity index (χ0) is 17.1. The number of nitrogens with one attached hydrogen (secondary N) is 1. The van der Waals surface area contributed by atoms with Crippen LogP contribution in [-0.2, 0) is 9.84 Å². The van der Waals surface area contributed by atoms with E-state index in [1.165, 1.54) is 18.5 Å². The second-order valence-electron chi connectivity index (χ2n) is 5.11. The average molecular weight is 341 g/mol. The van der Waals surface area contributed by atoms with Crippen LogP contribution < -0.4 is 5.32 Å². The molecule has 5 nitrogen and oxygen atoms in total. The van der Waals surface area contributed by atoms with E-state index in [1.54, 1.807) is 25.1 Å². The largest absolute Gasteiger partial charge is 0.378 e. The molecule has 8 heteroatoms. The van der Waals surface area contributed by atoms with Gasteiger partial charge in [-0.05, 0) is 24.3 Å². The van der Waals surface area contributed by atoms with Gasteiger partial charge in [-0.2, -0.15) is 0 Å². The van der Waals surface area contributed by atoms with E-state index in [2.05, 4.69) is 15.3 Å². The summed E-state index contributed by atoms with van der Waals surface area (Å²) < 4.78 is 49.9. The Labute approximate surface area is 133 Å². The number of hydrogen-bond donors (Lipinski definition) is 1. The van der Waals surface area contributed by atoms with Gasteiger partial charge in [-0.25, -0.2) is 17.2 Å². The normalized spacial score (nSPS) is 12.2. The summed E-state index contributed by atoms with van der Waals surface area (Å²) in [5.41, 5.74) is 1.04. The number of hydrogen-bond acceptors (Lipinski definition) is 5. The number of rotatable bonds is 6. The molecule has 2 aromatic rings. The Bertz CT molecular complexity index is 772. The minimum atomic E-state index is -3.43. The van der Waals surface area contributed by atoms with Crippen molar-refractivity contribution in [1.82, 2.24) is 9.97 Å². The Kier molecular flexibility index (Phi) is 4.93. The highest BCUT2D eigenvalue weighted by Gasteiger charge is 2.21. The summed E-state index contributed by atoms with van der Waals surface area (Å²) in [5, 5.41) is 2.57.